The summed E-state index contributed by atoms with van der Waals surface area (Å²) in [7, 11) is 0. The van der Waals surface area contributed by atoms with Gasteiger partial charge in [0.1, 0.15) is 17.4 Å². The van der Waals surface area contributed by atoms with Gasteiger partial charge in [0.15, 0.2) is 0 Å². The number of rotatable bonds is 7. The summed E-state index contributed by atoms with van der Waals surface area (Å²) in [5.41, 5.74) is 0.610. The standard InChI is InChI=1S/C20H26N2O3/c1-5-6-11-22-19(24)16(14-21)12-15-7-9-17(10-8-15)25-18(23)13-20(2,3)4/h7-10,12H,5-6,11,13H2,1-4H3,(H,22,24). The van der Waals surface area contributed by atoms with Crippen molar-refractivity contribution in [2.24, 2.45) is 5.41 Å². The Morgan fingerprint density at radius 3 is 2.40 bits per heavy atom. The average molecular weight is 342 g/mol. The molecule has 0 bridgehead atoms. The van der Waals surface area contributed by atoms with Crippen molar-refractivity contribution < 1.29 is 14.3 Å². The third kappa shape index (κ3) is 8.16. The molecule has 0 aliphatic heterocycles. The fourth-order valence-electron chi connectivity index (χ4n) is 2.02. The number of nitrogens with zero attached hydrogens (tertiary/aromatic N) is 1. The normalized spacial score (nSPS) is 11.6. The van der Waals surface area contributed by atoms with Gasteiger partial charge in [-0.05, 0) is 35.6 Å². The number of hydrogen-bond acceptors (Lipinski definition) is 4. The Labute approximate surface area is 149 Å². The quantitative estimate of drug-likeness (QED) is 0.268. The lowest BCUT2D eigenvalue weighted by molar-refractivity contribution is -0.136. The van der Waals surface area contributed by atoms with E-state index < -0.39 is 0 Å². The molecule has 1 aromatic rings. The van der Waals surface area contributed by atoms with Crippen molar-refractivity contribution in [1.29, 1.82) is 5.26 Å². The Balaban J connectivity index is 2.72. The van der Waals surface area contributed by atoms with E-state index in [2.05, 4.69) is 5.32 Å². The van der Waals surface area contributed by atoms with Crippen LogP contribution >= 0.6 is 0 Å². The predicted octanol–water partition coefficient (Wildman–Crippen LogP) is 3.85. The maximum absolute atomic E-state index is 11.9. The Hall–Kier alpha value is -2.61. The number of unbranched alkanes of at least 4 members (excludes halogenated alkanes) is 1. The van der Waals surface area contributed by atoms with Crippen LogP contribution in [0.25, 0.3) is 6.08 Å². The van der Waals surface area contributed by atoms with Crippen molar-refractivity contribution in [2.75, 3.05) is 6.54 Å². The number of nitriles is 1. The van der Waals surface area contributed by atoms with Gasteiger partial charge < -0.3 is 10.1 Å². The fourth-order valence-corrected chi connectivity index (χ4v) is 2.02. The summed E-state index contributed by atoms with van der Waals surface area (Å²) >= 11 is 0. The van der Waals surface area contributed by atoms with Gasteiger partial charge in [0.2, 0.25) is 0 Å². The first-order valence-electron chi connectivity index (χ1n) is 8.46. The Morgan fingerprint density at radius 1 is 1.24 bits per heavy atom. The SMILES string of the molecule is CCCCNC(=O)C(C#N)=Cc1ccc(OC(=O)CC(C)(C)C)cc1. The predicted molar refractivity (Wildman–Crippen MR) is 97.7 cm³/mol. The molecule has 5 nitrogen and oxygen atoms in total. The molecule has 1 N–H and O–H groups in total. The molecule has 0 spiro atoms. The molecule has 0 heterocycles. The summed E-state index contributed by atoms with van der Waals surface area (Å²) in [5.74, 6) is -0.224. The maximum Gasteiger partial charge on any atom is 0.311 e. The summed E-state index contributed by atoms with van der Waals surface area (Å²) in [6.07, 6.45) is 3.69. The van der Waals surface area contributed by atoms with Crippen LogP contribution in [0.3, 0.4) is 0 Å². The van der Waals surface area contributed by atoms with Gasteiger partial charge in [-0.3, -0.25) is 9.59 Å². The first-order chi connectivity index (χ1) is 11.7. The second-order valence-electron chi connectivity index (χ2n) is 7.06. The fraction of sp³-hybridized carbons (Fsp3) is 0.450. The summed E-state index contributed by atoms with van der Waals surface area (Å²) in [5, 5.41) is 11.9. The van der Waals surface area contributed by atoms with E-state index in [1.54, 1.807) is 24.3 Å². The molecule has 0 aromatic heterocycles. The van der Waals surface area contributed by atoms with Crippen molar-refractivity contribution >= 4 is 18.0 Å². The van der Waals surface area contributed by atoms with Crippen molar-refractivity contribution in [1.82, 2.24) is 5.32 Å². The van der Waals surface area contributed by atoms with Crippen LogP contribution in [-0.4, -0.2) is 18.4 Å². The van der Waals surface area contributed by atoms with E-state index >= 15 is 0 Å². The van der Waals surface area contributed by atoms with Gasteiger partial charge in [-0.2, -0.15) is 5.26 Å². The summed E-state index contributed by atoms with van der Waals surface area (Å²) < 4.78 is 5.29. The molecule has 0 aliphatic rings. The average Bonchev–Trinajstić information content (AvgIpc) is 2.52. The number of carbonyl (C=O) groups excluding carboxylic acids is 2. The van der Waals surface area contributed by atoms with Crippen LogP contribution in [0.15, 0.2) is 29.8 Å². The van der Waals surface area contributed by atoms with Crippen LogP contribution in [0.4, 0.5) is 0 Å². The zero-order valence-electron chi connectivity index (χ0n) is 15.4. The van der Waals surface area contributed by atoms with E-state index in [1.165, 1.54) is 6.08 Å². The molecule has 1 aromatic carbocycles. The van der Waals surface area contributed by atoms with E-state index in [0.717, 1.165) is 12.8 Å². The number of ether oxygens (including phenoxy) is 1. The topological polar surface area (TPSA) is 79.2 Å². The molecular formula is C20H26N2O3. The minimum absolute atomic E-state index is 0.0496. The van der Waals surface area contributed by atoms with E-state index in [9.17, 15) is 9.59 Å². The van der Waals surface area contributed by atoms with E-state index in [-0.39, 0.29) is 22.9 Å². The molecule has 134 valence electrons. The van der Waals surface area contributed by atoms with Crippen molar-refractivity contribution in [3.63, 3.8) is 0 Å². The smallest absolute Gasteiger partial charge is 0.311 e. The van der Waals surface area contributed by atoms with Gasteiger partial charge in [0.25, 0.3) is 5.91 Å². The third-order valence-corrected chi connectivity index (χ3v) is 3.28. The molecule has 0 aliphatic carbocycles. The molecule has 5 heteroatoms. The second-order valence-corrected chi connectivity index (χ2v) is 7.06. The highest BCUT2D eigenvalue weighted by molar-refractivity contribution is 6.01. The number of hydrogen-bond donors (Lipinski definition) is 1. The molecule has 0 saturated carbocycles. The zero-order valence-corrected chi connectivity index (χ0v) is 15.4. The molecule has 0 saturated heterocycles. The highest BCUT2D eigenvalue weighted by Crippen LogP contribution is 2.21. The Bertz CT molecular complexity index is 662. The minimum atomic E-state index is -0.378. The van der Waals surface area contributed by atoms with Crippen molar-refractivity contribution in [3.05, 3.63) is 35.4 Å². The largest absolute Gasteiger partial charge is 0.427 e. The molecule has 0 radical (unpaired) electrons. The van der Waals surface area contributed by atoms with Gasteiger partial charge in [-0.1, -0.05) is 46.2 Å². The van der Waals surface area contributed by atoms with Crippen molar-refractivity contribution in [2.45, 2.75) is 47.0 Å². The van der Waals surface area contributed by atoms with Crippen molar-refractivity contribution in [3.8, 4) is 11.8 Å². The van der Waals surface area contributed by atoms with E-state index in [4.69, 9.17) is 10.00 Å². The lowest BCUT2D eigenvalue weighted by Gasteiger charge is -2.16. The number of esters is 1. The lowest BCUT2D eigenvalue weighted by atomic mass is 9.92. The molecule has 1 rings (SSSR count). The number of carbonyl (C=O) groups is 2. The van der Waals surface area contributed by atoms with Crippen LogP contribution in [0.2, 0.25) is 0 Å². The zero-order chi connectivity index (χ0) is 18.9. The third-order valence-electron chi connectivity index (χ3n) is 3.28. The molecule has 0 unspecified atom stereocenters. The van der Waals surface area contributed by atoms with E-state index in [0.29, 0.717) is 24.3 Å². The van der Waals surface area contributed by atoms with Crippen LogP contribution in [0.5, 0.6) is 5.75 Å². The van der Waals surface area contributed by atoms with Gasteiger partial charge in [-0.25, -0.2) is 0 Å². The second kappa shape index (κ2) is 9.63. The summed E-state index contributed by atoms with van der Waals surface area (Å²) in [4.78, 5) is 23.7. The highest BCUT2D eigenvalue weighted by Gasteiger charge is 2.17. The van der Waals surface area contributed by atoms with Gasteiger partial charge in [0, 0.05) is 6.54 Å². The number of amides is 1. The number of benzene rings is 1. The van der Waals surface area contributed by atoms with Crippen LogP contribution in [0, 0.1) is 16.7 Å². The van der Waals surface area contributed by atoms with Crippen LogP contribution in [0.1, 0.15) is 52.5 Å². The van der Waals surface area contributed by atoms with E-state index in [1.807, 2.05) is 33.8 Å². The lowest BCUT2D eigenvalue weighted by Crippen LogP contribution is -2.25. The molecule has 25 heavy (non-hydrogen) atoms. The monoisotopic (exact) mass is 342 g/mol. The number of nitrogens with one attached hydrogen (secondary N) is 1. The molecule has 1 amide bonds. The van der Waals surface area contributed by atoms with Gasteiger partial charge in [0.05, 0.1) is 6.42 Å². The highest BCUT2D eigenvalue weighted by atomic mass is 16.5. The minimum Gasteiger partial charge on any atom is -0.427 e. The van der Waals surface area contributed by atoms with Crippen LogP contribution < -0.4 is 10.1 Å². The first kappa shape index (κ1) is 20.4. The summed E-state index contributed by atoms with van der Waals surface area (Å²) in [6.45, 7) is 8.49. The maximum atomic E-state index is 11.9. The Morgan fingerprint density at radius 2 is 1.88 bits per heavy atom. The molecular weight excluding hydrogens is 316 g/mol. The van der Waals surface area contributed by atoms with Gasteiger partial charge >= 0.3 is 5.97 Å². The summed E-state index contributed by atoms with van der Waals surface area (Å²) in [6, 6.07) is 8.62. The van der Waals surface area contributed by atoms with Crippen LogP contribution in [-0.2, 0) is 9.59 Å². The van der Waals surface area contributed by atoms with Gasteiger partial charge in [-0.15, -0.1) is 0 Å². The molecule has 0 fully saturated rings. The Kier molecular flexibility index (Phi) is 7.87. The molecule has 0 atom stereocenters. The first-order valence-corrected chi connectivity index (χ1v) is 8.46.